The van der Waals surface area contributed by atoms with Gasteiger partial charge in [0, 0.05) is 45.7 Å². The molecule has 1 aromatic rings. The van der Waals surface area contributed by atoms with E-state index < -0.39 is 22.1 Å². The second-order valence-electron chi connectivity index (χ2n) is 7.37. The molecule has 1 aliphatic heterocycles. The Morgan fingerprint density at radius 3 is 2.32 bits per heavy atom. The van der Waals surface area contributed by atoms with E-state index in [4.69, 9.17) is 0 Å². The number of likely N-dealkylation sites (N-methyl/N-ethyl adjacent to an activating group) is 1. The lowest BCUT2D eigenvalue weighted by atomic mass is 10.2. The Morgan fingerprint density at radius 1 is 1.06 bits per heavy atom. The van der Waals surface area contributed by atoms with Crippen LogP contribution in [0.25, 0.3) is 0 Å². The predicted molar refractivity (Wildman–Crippen MR) is 109 cm³/mol. The molecule has 176 valence electrons. The van der Waals surface area contributed by atoms with Crippen molar-refractivity contribution in [3.8, 4) is 5.75 Å². The van der Waals surface area contributed by atoms with Crippen LogP contribution in [0.3, 0.4) is 0 Å². The molecule has 0 saturated carbocycles. The van der Waals surface area contributed by atoms with E-state index in [2.05, 4.69) is 31.6 Å². The molecule has 1 heterocycles. The van der Waals surface area contributed by atoms with Crippen LogP contribution in [-0.2, 0) is 14.8 Å². The van der Waals surface area contributed by atoms with Crippen molar-refractivity contribution in [3.05, 3.63) is 24.3 Å². The molecule has 1 saturated heterocycles. The van der Waals surface area contributed by atoms with Gasteiger partial charge in [-0.05, 0) is 50.7 Å². The highest BCUT2D eigenvalue weighted by Crippen LogP contribution is 2.23. The lowest BCUT2D eigenvalue weighted by molar-refractivity contribution is -0.274. The topological polar surface area (TPSA) is 91.0 Å². The molecule has 0 bridgehead atoms. The molecule has 1 aliphatic rings. The van der Waals surface area contributed by atoms with E-state index in [1.165, 1.54) is 0 Å². The van der Waals surface area contributed by atoms with Crippen molar-refractivity contribution in [3.63, 3.8) is 0 Å². The van der Waals surface area contributed by atoms with Crippen LogP contribution < -0.4 is 14.8 Å². The molecule has 0 radical (unpaired) electrons. The fourth-order valence-corrected chi connectivity index (χ4v) is 4.08. The Hall–Kier alpha value is -1.89. The molecule has 2 rings (SSSR count). The maximum atomic E-state index is 12.2. The fourth-order valence-electron chi connectivity index (χ4n) is 3.05. The molecule has 0 aromatic heterocycles. The summed E-state index contributed by atoms with van der Waals surface area (Å²) in [5.41, 5.74) is 0. The molecule has 1 aromatic carbocycles. The van der Waals surface area contributed by atoms with Crippen molar-refractivity contribution in [2.24, 2.45) is 0 Å². The van der Waals surface area contributed by atoms with Gasteiger partial charge >= 0.3 is 6.36 Å². The normalized spacial score (nSPS) is 16.3. The number of amides is 1. The summed E-state index contributed by atoms with van der Waals surface area (Å²) in [6.07, 6.45) is -3.07. The minimum Gasteiger partial charge on any atom is -0.406 e. The Morgan fingerprint density at radius 2 is 1.71 bits per heavy atom. The minimum absolute atomic E-state index is 0.0348. The Kier molecular flexibility index (Phi) is 9.54. The van der Waals surface area contributed by atoms with Crippen LogP contribution in [0.2, 0.25) is 0 Å². The number of ether oxygens (including phenoxy) is 1. The van der Waals surface area contributed by atoms with Gasteiger partial charge in [0.15, 0.2) is 0 Å². The zero-order valence-electron chi connectivity index (χ0n) is 17.5. The maximum Gasteiger partial charge on any atom is 0.573 e. The summed E-state index contributed by atoms with van der Waals surface area (Å²) in [6.45, 7) is 5.66. The number of sulfonamides is 1. The van der Waals surface area contributed by atoms with Crippen molar-refractivity contribution in [2.45, 2.75) is 30.5 Å². The number of benzene rings is 1. The molecule has 0 spiro atoms. The number of halogens is 3. The molecular weight excluding hydrogens is 437 g/mol. The molecule has 12 heteroatoms. The van der Waals surface area contributed by atoms with E-state index in [-0.39, 0.29) is 23.8 Å². The number of carbonyl (C=O) groups is 1. The number of hydrogen-bond donors (Lipinski definition) is 2. The average molecular weight is 467 g/mol. The van der Waals surface area contributed by atoms with Crippen LogP contribution in [0, 0.1) is 0 Å². The van der Waals surface area contributed by atoms with Gasteiger partial charge in [-0.3, -0.25) is 4.79 Å². The van der Waals surface area contributed by atoms with Crippen molar-refractivity contribution in [1.29, 1.82) is 0 Å². The second-order valence-corrected chi connectivity index (χ2v) is 9.14. The lowest BCUT2D eigenvalue weighted by Gasteiger charge is -2.32. The largest absolute Gasteiger partial charge is 0.573 e. The standard InChI is InChI=1S/C19H29F3N4O4S/c1-25-12-14-26(15-13-25)11-3-2-9-23-18(27)8-10-24-31(28,29)17-6-4-16(5-7-17)30-19(20,21)22/h4-7,24H,2-3,8-15H2,1H3,(H,23,27). The van der Waals surface area contributed by atoms with Crippen LogP contribution in [0.4, 0.5) is 13.2 Å². The zero-order chi connectivity index (χ0) is 22.9. The number of carbonyl (C=O) groups excluding carboxylic acids is 1. The fraction of sp³-hybridized carbons (Fsp3) is 0.632. The number of hydrogen-bond acceptors (Lipinski definition) is 6. The highest BCUT2D eigenvalue weighted by molar-refractivity contribution is 7.89. The number of nitrogens with one attached hydrogen (secondary N) is 2. The van der Waals surface area contributed by atoms with Crippen LogP contribution in [0.15, 0.2) is 29.2 Å². The van der Waals surface area contributed by atoms with Gasteiger partial charge in [0.1, 0.15) is 5.75 Å². The third kappa shape index (κ3) is 9.85. The molecule has 1 fully saturated rings. The number of unbranched alkanes of at least 4 members (excludes halogenated alkanes) is 1. The molecule has 31 heavy (non-hydrogen) atoms. The highest BCUT2D eigenvalue weighted by Gasteiger charge is 2.31. The summed E-state index contributed by atoms with van der Waals surface area (Å²) in [6, 6.07) is 3.83. The minimum atomic E-state index is -4.85. The first-order chi connectivity index (χ1) is 14.5. The number of alkyl halides is 3. The smallest absolute Gasteiger partial charge is 0.406 e. The molecule has 0 atom stereocenters. The van der Waals surface area contributed by atoms with Gasteiger partial charge in [-0.15, -0.1) is 13.2 Å². The van der Waals surface area contributed by atoms with E-state index in [1.54, 1.807) is 0 Å². The summed E-state index contributed by atoms with van der Waals surface area (Å²) in [4.78, 5) is 16.3. The van der Waals surface area contributed by atoms with Gasteiger partial charge in [0.25, 0.3) is 0 Å². The molecule has 0 unspecified atom stereocenters. The summed E-state index contributed by atoms with van der Waals surface area (Å²) < 4.78 is 66.8. The van der Waals surface area contributed by atoms with Crippen molar-refractivity contribution >= 4 is 15.9 Å². The second kappa shape index (κ2) is 11.7. The average Bonchev–Trinajstić information content (AvgIpc) is 2.68. The van der Waals surface area contributed by atoms with E-state index in [1.807, 2.05) is 0 Å². The first kappa shape index (κ1) is 25.4. The third-order valence-corrected chi connectivity index (χ3v) is 6.31. The molecule has 2 N–H and O–H groups in total. The van der Waals surface area contributed by atoms with Crippen molar-refractivity contribution < 1.29 is 31.1 Å². The van der Waals surface area contributed by atoms with Gasteiger partial charge in [-0.25, -0.2) is 13.1 Å². The number of nitrogens with zero attached hydrogens (tertiary/aromatic N) is 2. The van der Waals surface area contributed by atoms with E-state index in [9.17, 15) is 26.4 Å². The first-order valence-corrected chi connectivity index (χ1v) is 11.6. The van der Waals surface area contributed by atoms with Crippen molar-refractivity contribution in [2.75, 3.05) is 52.9 Å². The summed E-state index contributed by atoms with van der Waals surface area (Å²) in [5.74, 6) is -0.783. The van der Waals surface area contributed by atoms with Gasteiger partial charge < -0.3 is 19.9 Å². The first-order valence-electron chi connectivity index (χ1n) is 10.1. The Balaban J connectivity index is 1.61. The van der Waals surface area contributed by atoms with E-state index in [0.717, 1.165) is 69.8 Å². The van der Waals surface area contributed by atoms with Crippen LogP contribution >= 0.6 is 0 Å². The third-order valence-electron chi connectivity index (χ3n) is 4.83. The monoisotopic (exact) mass is 466 g/mol. The highest BCUT2D eigenvalue weighted by atomic mass is 32.2. The quantitative estimate of drug-likeness (QED) is 0.479. The van der Waals surface area contributed by atoms with Gasteiger partial charge in [0.05, 0.1) is 4.90 Å². The summed E-state index contributed by atoms with van der Waals surface area (Å²) >= 11 is 0. The maximum absolute atomic E-state index is 12.2. The number of rotatable bonds is 11. The zero-order valence-corrected chi connectivity index (χ0v) is 18.3. The number of piperazine rings is 1. The van der Waals surface area contributed by atoms with E-state index in [0.29, 0.717) is 6.54 Å². The van der Waals surface area contributed by atoms with E-state index >= 15 is 0 Å². The SMILES string of the molecule is CN1CCN(CCCCNC(=O)CCNS(=O)(=O)c2ccc(OC(F)(F)F)cc2)CC1. The molecule has 1 amide bonds. The summed E-state index contributed by atoms with van der Waals surface area (Å²) in [7, 11) is -1.83. The van der Waals surface area contributed by atoms with Crippen LogP contribution in [-0.4, -0.2) is 83.3 Å². The lowest BCUT2D eigenvalue weighted by Crippen LogP contribution is -2.44. The Bertz CT molecular complexity index is 795. The molecular formula is C19H29F3N4O4S. The molecule has 8 nitrogen and oxygen atoms in total. The van der Waals surface area contributed by atoms with Gasteiger partial charge in [-0.1, -0.05) is 0 Å². The van der Waals surface area contributed by atoms with Crippen molar-refractivity contribution in [1.82, 2.24) is 19.8 Å². The Labute approximate surface area is 180 Å². The van der Waals surface area contributed by atoms with Crippen LogP contribution in [0.5, 0.6) is 5.75 Å². The summed E-state index contributed by atoms with van der Waals surface area (Å²) in [5, 5.41) is 2.76. The molecule has 0 aliphatic carbocycles. The van der Waals surface area contributed by atoms with Crippen LogP contribution in [0.1, 0.15) is 19.3 Å². The van der Waals surface area contributed by atoms with Gasteiger partial charge in [-0.2, -0.15) is 0 Å². The predicted octanol–water partition coefficient (Wildman–Crippen LogP) is 1.40. The van der Waals surface area contributed by atoms with Gasteiger partial charge in [0.2, 0.25) is 15.9 Å².